The molecule has 1 heterocycles. The van der Waals surface area contributed by atoms with Crippen LogP contribution in [0, 0.1) is 13.8 Å². The summed E-state index contributed by atoms with van der Waals surface area (Å²) in [5.41, 5.74) is 9.77. The highest BCUT2D eigenvalue weighted by Crippen LogP contribution is 2.53. The normalized spacial score (nSPS) is 15.9. The number of aryl methyl sites for hydroxylation is 2. The van der Waals surface area contributed by atoms with E-state index in [4.69, 9.17) is 16.3 Å². The summed E-state index contributed by atoms with van der Waals surface area (Å²) < 4.78 is 8.35. The lowest BCUT2D eigenvalue weighted by molar-refractivity contribution is 0.0298. The second-order valence-corrected chi connectivity index (χ2v) is 15.7. The Morgan fingerprint density at radius 3 is 1.48 bits per heavy atom. The molecule has 0 saturated heterocycles. The minimum absolute atomic E-state index is 0.402. The highest BCUT2D eigenvalue weighted by molar-refractivity contribution is 9.13. The monoisotopic (exact) mass is 872 g/mol. The quantitative estimate of drug-likeness (QED) is 0.0883. The molecule has 5 aromatic carbocycles. The van der Waals surface area contributed by atoms with Crippen molar-refractivity contribution in [3.05, 3.63) is 172 Å². The number of rotatable bonds is 8. The molecule has 254 valence electrons. The minimum Gasteiger partial charge on any atom is -0.442 e. The average Bonchev–Trinajstić information content (AvgIpc) is 3.39. The third kappa shape index (κ3) is 6.98. The first-order valence-electron chi connectivity index (χ1n) is 16.0. The Balaban J connectivity index is 1.75. The summed E-state index contributed by atoms with van der Waals surface area (Å²) >= 11 is 18.1. The zero-order chi connectivity index (χ0) is 35.9. The van der Waals surface area contributed by atoms with Gasteiger partial charge in [0.2, 0.25) is 0 Å². The standard InChI is InChI=1S/C42H36Br3ClN2O2/c1-25-9-7-11-29(21-25)33(27-13-17-31(18-14-27)47(3)4)23-42(36-35(41(49)50-42)37(43)39(45)40(46)38(36)44)24-34(30-12-8-10-26(2)22-30)28-15-19-32(20-16-28)48(5)6/h7-24H,1-6H3. The molecule has 0 saturated carbocycles. The van der Waals surface area contributed by atoms with Gasteiger partial charge in [0.25, 0.3) is 0 Å². The number of cyclic esters (lactones) is 1. The van der Waals surface area contributed by atoms with Crippen LogP contribution in [0.4, 0.5) is 11.4 Å². The number of nitrogens with zero attached hydrogens (tertiary/aromatic N) is 2. The maximum atomic E-state index is 14.2. The van der Waals surface area contributed by atoms with Crippen molar-refractivity contribution in [2.75, 3.05) is 38.0 Å². The fourth-order valence-electron chi connectivity index (χ4n) is 6.29. The van der Waals surface area contributed by atoms with Gasteiger partial charge in [-0.3, -0.25) is 0 Å². The fraction of sp³-hybridized carbons (Fsp3) is 0.167. The summed E-state index contributed by atoms with van der Waals surface area (Å²) in [6.07, 6.45) is 4.14. The lowest BCUT2D eigenvalue weighted by Gasteiger charge is -2.28. The van der Waals surface area contributed by atoms with Gasteiger partial charge in [0.05, 0.1) is 15.1 Å². The number of halogens is 4. The van der Waals surface area contributed by atoms with Crippen molar-refractivity contribution in [3.63, 3.8) is 0 Å². The first-order chi connectivity index (χ1) is 23.8. The molecular formula is C42H36Br3ClN2O2. The molecule has 0 unspecified atom stereocenters. The van der Waals surface area contributed by atoms with E-state index in [0.29, 0.717) is 29.6 Å². The van der Waals surface area contributed by atoms with Crippen LogP contribution in [0.15, 0.2) is 123 Å². The number of carbonyl (C=O) groups is 1. The van der Waals surface area contributed by atoms with Crippen LogP contribution in [0.1, 0.15) is 49.3 Å². The number of benzene rings is 5. The van der Waals surface area contributed by atoms with Crippen molar-refractivity contribution < 1.29 is 9.53 Å². The van der Waals surface area contributed by atoms with Gasteiger partial charge in [0.1, 0.15) is 0 Å². The third-order valence-electron chi connectivity index (χ3n) is 8.89. The molecule has 1 aliphatic rings. The van der Waals surface area contributed by atoms with Crippen LogP contribution in [-0.2, 0) is 10.3 Å². The lowest BCUT2D eigenvalue weighted by atomic mass is 9.82. The Bertz CT molecular complexity index is 2060. The van der Waals surface area contributed by atoms with Crippen molar-refractivity contribution in [3.8, 4) is 0 Å². The highest BCUT2D eigenvalue weighted by Gasteiger charge is 2.48. The van der Waals surface area contributed by atoms with Crippen molar-refractivity contribution >= 4 is 87.9 Å². The van der Waals surface area contributed by atoms with Gasteiger partial charge in [0.15, 0.2) is 5.60 Å². The first kappa shape index (κ1) is 36.2. The van der Waals surface area contributed by atoms with E-state index in [1.54, 1.807) is 0 Å². The Kier molecular flexibility index (Phi) is 10.5. The molecule has 8 heteroatoms. The second kappa shape index (κ2) is 14.5. The zero-order valence-corrected chi connectivity index (χ0v) is 34.1. The van der Waals surface area contributed by atoms with Crippen LogP contribution in [-0.4, -0.2) is 34.2 Å². The maximum Gasteiger partial charge on any atom is 0.341 e. The van der Waals surface area contributed by atoms with Gasteiger partial charge < -0.3 is 14.5 Å². The number of hydrogen-bond acceptors (Lipinski definition) is 4. The van der Waals surface area contributed by atoms with E-state index < -0.39 is 11.6 Å². The molecule has 0 amide bonds. The number of carbonyl (C=O) groups excluding carboxylic acids is 1. The summed E-state index contributed by atoms with van der Waals surface area (Å²) in [5.74, 6) is -0.462. The Labute approximate surface area is 324 Å². The van der Waals surface area contributed by atoms with E-state index in [-0.39, 0.29) is 0 Å². The summed E-state index contributed by atoms with van der Waals surface area (Å²) in [7, 11) is 8.10. The SMILES string of the molecule is Cc1cccc(C(=CC2(C=C(c3ccc(N(C)C)cc3)c3cccc(C)c3)OC(=O)c3c(Br)c(Br)c(Cl)c(Br)c32)c2ccc(N(C)C)cc2)c1. The van der Waals surface area contributed by atoms with E-state index >= 15 is 0 Å². The number of ether oxygens (including phenoxy) is 1. The first-order valence-corrected chi connectivity index (χ1v) is 18.8. The van der Waals surface area contributed by atoms with Gasteiger partial charge in [-0.1, -0.05) is 95.5 Å². The molecule has 0 N–H and O–H groups in total. The van der Waals surface area contributed by atoms with Crippen molar-refractivity contribution in [1.29, 1.82) is 0 Å². The molecule has 1 aliphatic heterocycles. The van der Waals surface area contributed by atoms with Gasteiger partial charge in [-0.25, -0.2) is 4.79 Å². The highest BCUT2D eigenvalue weighted by atomic mass is 79.9. The molecular weight excluding hydrogens is 840 g/mol. The van der Waals surface area contributed by atoms with E-state index in [0.717, 1.165) is 55.9 Å². The number of fused-ring (bicyclic) bond motifs is 1. The molecule has 6 rings (SSSR count). The summed E-state index contributed by atoms with van der Waals surface area (Å²) in [5, 5.41) is 0.431. The van der Waals surface area contributed by atoms with Crippen LogP contribution in [0.25, 0.3) is 11.1 Å². The Hall–Kier alpha value is -3.62. The molecule has 50 heavy (non-hydrogen) atoms. The Morgan fingerprint density at radius 2 is 1.08 bits per heavy atom. The van der Waals surface area contributed by atoms with Gasteiger partial charge in [-0.05, 0) is 131 Å². The number of esters is 1. The number of anilines is 2. The second-order valence-electron chi connectivity index (χ2n) is 12.9. The van der Waals surface area contributed by atoms with Crippen molar-refractivity contribution in [2.24, 2.45) is 0 Å². The van der Waals surface area contributed by atoms with Crippen LogP contribution >= 0.6 is 59.4 Å². The van der Waals surface area contributed by atoms with Crippen molar-refractivity contribution in [2.45, 2.75) is 19.4 Å². The summed E-state index contributed by atoms with van der Waals surface area (Å²) in [6, 6.07) is 33.6. The van der Waals surface area contributed by atoms with Crippen molar-refractivity contribution in [1.82, 2.24) is 0 Å². The molecule has 4 nitrogen and oxygen atoms in total. The smallest absolute Gasteiger partial charge is 0.341 e. The van der Waals surface area contributed by atoms with E-state index in [1.807, 2.05) is 28.2 Å². The predicted octanol–water partition coefficient (Wildman–Crippen LogP) is 12.0. The van der Waals surface area contributed by atoms with Gasteiger partial charge in [0, 0.05) is 54.1 Å². The molecule has 0 aliphatic carbocycles. The topological polar surface area (TPSA) is 32.8 Å². The third-order valence-corrected chi connectivity index (χ3v) is 12.6. The molecule has 0 bridgehead atoms. The van der Waals surface area contributed by atoms with Crippen LogP contribution in [0.2, 0.25) is 5.02 Å². The average molecular weight is 876 g/mol. The largest absolute Gasteiger partial charge is 0.442 e. The maximum absolute atomic E-state index is 14.2. The van der Waals surface area contributed by atoms with Crippen LogP contribution < -0.4 is 9.80 Å². The van der Waals surface area contributed by atoms with Gasteiger partial charge in [-0.2, -0.15) is 0 Å². The van der Waals surface area contributed by atoms with E-state index in [1.165, 1.54) is 0 Å². The lowest BCUT2D eigenvalue weighted by Crippen LogP contribution is -2.23. The van der Waals surface area contributed by atoms with Crippen LogP contribution in [0.5, 0.6) is 0 Å². The summed E-state index contributed by atoms with van der Waals surface area (Å²) in [4.78, 5) is 18.3. The zero-order valence-electron chi connectivity index (χ0n) is 28.6. The van der Waals surface area contributed by atoms with E-state index in [9.17, 15) is 4.79 Å². The molecule has 5 aromatic rings. The molecule has 0 atom stereocenters. The number of hydrogen-bond donors (Lipinski definition) is 0. The van der Waals surface area contributed by atoms with E-state index in [2.05, 4.69) is 181 Å². The molecule has 0 aromatic heterocycles. The van der Waals surface area contributed by atoms with Gasteiger partial charge >= 0.3 is 5.97 Å². The predicted molar refractivity (Wildman–Crippen MR) is 220 cm³/mol. The van der Waals surface area contributed by atoms with Crippen LogP contribution in [0.3, 0.4) is 0 Å². The Morgan fingerprint density at radius 1 is 0.640 bits per heavy atom. The summed E-state index contributed by atoms with van der Waals surface area (Å²) in [6.45, 7) is 4.16. The molecule has 0 spiro atoms. The fourth-order valence-corrected chi connectivity index (χ4v) is 8.52. The molecule has 0 fully saturated rings. The minimum atomic E-state index is -1.39. The van der Waals surface area contributed by atoms with Gasteiger partial charge in [-0.15, -0.1) is 0 Å². The molecule has 0 radical (unpaired) electrons.